The number of nitrogens with zero attached hydrogens (tertiary/aromatic N) is 2. The maximum atomic E-state index is 13.0. The van der Waals surface area contributed by atoms with Crippen molar-refractivity contribution in [2.24, 2.45) is 5.73 Å². The third-order valence-electron chi connectivity index (χ3n) is 5.39. The number of hydrogen-bond acceptors (Lipinski definition) is 2. The quantitative estimate of drug-likeness (QED) is 0.790. The van der Waals surface area contributed by atoms with E-state index in [0.717, 1.165) is 36.3 Å². The van der Waals surface area contributed by atoms with E-state index in [2.05, 4.69) is 54.8 Å². The van der Waals surface area contributed by atoms with Gasteiger partial charge in [-0.25, -0.2) is 0 Å². The van der Waals surface area contributed by atoms with Crippen LogP contribution < -0.4 is 5.73 Å². The first-order chi connectivity index (χ1) is 12.5. The third kappa shape index (κ3) is 2.53. The molecule has 0 bridgehead atoms. The molecule has 1 amide bonds. The number of carbonyl (C=O) groups is 1. The first kappa shape index (κ1) is 16.9. The lowest BCUT2D eigenvalue weighted by Gasteiger charge is -2.24. The van der Waals surface area contributed by atoms with Gasteiger partial charge in [0.25, 0.3) is 5.91 Å². The second-order valence-corrected chi connectivity index (χ2v) is 7.32. The van der Waals surface area contributed by atoms with Crippen LogP contribution in [0.25, 0.3) is 16.6 Å². The Labute approximate surface area is 154 Å². The van der Waals surface area contributed by atoms with Crippen LogP contribution in [0, 0.1) is 13.8 Å². The van der Waals surface area contributed by atoms with Gasteiger partial charge in [-0.05, 0) is 73.7 Å². The Balaban J connectivity index is 2.03. The molecule has 1 aliphatic heterocycles. The smallest absolute Gasteiger partial charge is 0.270 e. The predicted octanol–water partition coefficient (Wildman–Crippen LogP) is 3.38. The van der Waals surface area contributed by atoms with Gasteiger partial charge in [0.05, 0.1) is 5.52 Å². The molecule has 0 spiro atoms. The van der Waals surface area contributed by atoms with Crippen LogP contribution in [-0.2, 0) is 12.8 Å². The number of nitrogens with two attached hydrogens (primary N) is 1. The number of rotatable bonds is 3. The molecule has 26 heavy (non-hydrogen) atoms. The van der Waals surface area contributed by atoms with Gasteiger partial charge in [-0.2, -0.15) is 0 Å². The number of hydrogen-bond donors (Lipinski definition) is 1. The maximum absolute atomic E-state index is 13.0. The Kier molecular flexibility index (Phi) is 4.08. The van der Waals surface area contributed by atoms with Crippen molar-refractivity contribution in [3.8, 4) is 5.69 Å². The zero-order valence-electron chi connectivity index (χ0n) is 15.7. The Bertz CT molecular complexity index is 999. The second kappa shape index (κ2) is 6.29. The normalized spacial score (nSPS) is 14.2. The van der Waals surface area contributed by atoms with E-state index in [9.17, 15) is 4.79 Å². The summed E-state index contributed by atoms with van der Waals surface area (Å²) in [7, 11) is 1.88. The second-order valence-electron chi connectivity index (χ2n) is 7.32. The van der Waals surface area contributed by atoms with Crippen LogP contribution in [0.15, 0.2) is 36.4 Å². The summed E-state index contributed by atoms with van der Waals surface area (Å²) in [6, 6.07) is 12.8. The molecule has 3 aromatic rings. The van der Waals surface area contributed by atoms with Crippen molar-refractivity contribution in [1.29, 1.82) is 0 Å². The lowest BCUT2D eigenvalue weighted by Crippen LogP contribution is -2.35. The molecule has 1 aliphatic rings. The molecule has 4 heteroatoms. The highest BCUT2D eigenvalue weighted by atomic mass is 16.2. The van der Waals surface area contributed by atoms with Gasteiger partial charge in [0.1, 0.15) is 5.69 Å². The summed E-state index contributed by atoms with van der Waals surface area (Å²) in [5.74, 6) is 0.102. The van der Waals surface area contributed by atoms with Crippen LogP contribution >= 0.6 is 0 Å². The molecular weight excluding hydrogens is 322 g/mol. The number of amides is 1. The van der Waals surface area contributed by atoms with E-state index in [1.54, 1.807) is 0 Å². The van der Waals surface area contributed by atoms with Crippen molar-refractivity contribution in [3.05, 3.63) is 64.3 Å². The van der Waals surface area contributed by atoms with Crippen LogP contribution in [0.5, 0.6) is 0 Å². The van der Waals surface area contributed by atoms with Crippen LogP contribution in [0.4, 0.5) is 0 Å². The average Bonchev–Trinajstić information content (AvgIpc) is 2.94. The molecule has 4 rings (SSSR count). The molecule has 0 fully saturated rings. The molecule has 2 aromatic carbocycles. The van der Waals surface area contributed by atoms with Crippen molar-refractivity contribution in [2.75, 3.05) is 20.1 Å². The van der Waals surface area contributed by atoms with Crippen molar-refractivity contribution in [2.45, 2.75) is 26.7 Å². The molecule has 0 aliphatic carbocycles. The number of carbonyl (C=O) groups excluding carboxylic acids is 1. The van der Waals surface area contributed by atoms with Crippen molar-refractivity contribution in [1.82, 2.24) is 9.47 Å². The van der Waals surface area contributed by atoms with E-state index in [1.165, 1.54) is 27.6 Å². The molecular formula is C22H25N3O. The van der Waals surface area contributed by atoms with Crippen molar-refractivity contribution < 1.29 is 4.79 Å². The molecule has 0 radical (unpaired) electrons. The van der Waals surface area contributed by atoms with E-state index in [-0.39, 0.29) is 5.91 Å². The van der Waals surface area contributed by atoms with E-state index in [4.69, 9.17) is 5.73 Å². The first-order valence-corrected chi connectivity index (χ1v) is 9.20. The number of likely N-dealkylation sites (N-methyl/N-ethyl adjacent to an activating group) is 1. The van der Waals surface area contributed by atoms with Crippen LogP contribution in [0.3, 0.4) is 0 Å². The molecule has 0 atom stereocenters. The van der Waals surface area contributed by atoms with Crippen molar-refractivity contribution >= 4 is 16.8 Å². The standard InChI is InChI=1S/C22H25N3O/c1-14-12-15(2)20-18-9-11-24(3)22(26)21(18)25(19(20)13-14)17-6-4-16(5-7-17)8-10-23/h4-7,12-13H,8-11,23H2,1-3H3. The Hall–Kier alpha value is -2.59. The van der Waals surface area contributed by atoms with E-state index in [1.807, 2.05) is 11.9 Å². The number of aromatic nitrogens is 1. The minimum absolute atomic E-state index is 0.102. The zero-order valence-corrected chi connectivity index (χ0v) is 15.7. The molecule has 2 N–H and O–H groups in total. The summed E-state index contributed by atoms with van der Waals surface area (Å²) in [6.45, 7) is 5.67. The highest BCUT2D eigenvalue weighted by molar-refractivity contribution is 6.05. The van der Waals surface area contributed by atoms with E-state index in [0.29, 0.717) is 6.54 Å². The van der Waals surface area contributed by atoms with Gasteiger partial charge in [-0.1, -0.05) is 18.2 Å². The molecule has 0 saturated carbocycles. The van der Waals surface area contributed by atoms with E-state index >= 15 is 0 Å². The number of aryl methyl sites for hydroxylation is 2. The predicted molar refractivity (Wildman–Crippen MR) is 106 cm³/mol. The zero-order chi connectivity index (χ0) is 18.4. The Morgan fingerprint density at radius 2 is 1.85 bits per heavy atom. The molecule has 4 nitrogen and oxygen atoms in total. The minimum atomic E-state index is 0.102. The number of fused-ring (bicyclic) bond motifs is 3. The van der Waals surface area contributed by atoms with Gasteiger partial charge in [0, 0.05) is 24.7 Å². The summed E-state index contributed by atoms with van der Waals surface area (Å²) < 4.78 is 2.15. The monoisotopic (exact) mass is 347 g/mol. The van der Waals surface area contributed by atoms with Gasteiger partial charge in [0.2, 0.25) is 0 Å². The largest absolute Gasteiger partial charge is 0.340 e. The van der Waals surface area contributed by atoms with Gasteiger partial charge >= 0.3 is 0 Å². The van der Waals surface area contributed by atoms with Gasteiger partial charge < -0.3 is 15.2 Å². The van der Waals surface area contributed by atoms with Crippen molar-refractivity contribution in [3.63, 3.8) is 0 Å². The maximum Gasteiger partial charge on any atom is 0.270 e. The summed E-state index contributed by atoms with van der Waals surface area (Å²) in [5.41, 5.74) is 13.5. The van der Waals surface area contributed by atoms with Gasteiger partial charge in [0.15, 0.2) is 0 Å². The molecule has 0 unspecified atom stereocenters. The Morgan fingerprint density at radius 3 is 2.54 bits per heavy atom. The topological polar surface area (TPSA) is 51.3 Å². The SMILES string of the molecule is Cc1cc(C)c2c3c(n(-c4ccc(CCN)cc4)c2c1)C(=O)N(C)CC3. The van der Waals surface area contributed by atoms with Crippen LogP contribution in [0.1, 0.15) is 32.7 Å². The molecule has 2 heterocycles. The van der Waals surface area contributed by atoms with Gasteiger partial charge in [-0.3, -0.25) is 4.79 Å². The summed E-state index contributed by atoms with van der Waals surface area (Å²) >= 11 is 0. The fraction of sp³-hybridized carbons (Fsp3) is 0.318. The summed E-state index contributed by atoms with van der Waals surface area (Å²) in [4.78, 5) is 14.9. The molecule has 134 valence electrons. The minimum Gasteiger partial charge on any atom is -0.340 e. The number of benzene rings is 2. The fourth-order valence-corrected chi connectivity index (χ4v) is 4.16. The molecule has 1 aromatic heterocycles. The third-order valence-corrected chi connectivity index (χ3v) is 5.39. The highest BCUT2D eigenvalue weighted by Gasteiger charge is 2.30. The highest BCUT2D eigenvalue weighted by Crippen LogP contribution is 2.35. The average molecular weight is 347 g/mol. The molecule has 0 saturated heterocycles. The van der Waals surface area contributed by atoms with E-state index < -0.39 is 0 Å². The summed E-state index contributed by atoms with van der Waals surface area (Å²) in [6.07, 6.45) is 1.76. The first-order valence-electron chi connectivity index (χ1n) is 9.20. The lowest BCUT2D eigenvalue weighted by atomic mass is 9.99. The van der Waals surface area contributed by atoms with Gasteiger partial charge in [-0.15, -0.1) is 0 Å². The summed E-state index contributed by atoms with van der Waals surface area (Å²) in [5, 5.41) is 1.23. The van der Waals surface area contributed by atoms with Crippen LogP contribution in [-0.4, -0.2) is 35.5 Å². The lowest BCUT2D eigenvalue weighted by molar-refractivity contribution is 0.0773. The van der Waals surface area contributed by atoms with Crippen LogP contribution in [0.2, 0.25) is 0 Å². The Morgan fingerprint density at radius 1 is 1.12 bits per heavy atom. The fourth-order valence-electron chi connectivity index (χ4n) is 4.16.